The fourth-order valence-corrected chi connectivity index (χ4v) is 5.09. The molecule has 178 valence electrons. The number of thioether (sulfide) groups is 1. The molecule has 7 nitrogen and oxygen atoms in total. The molecule has 0 atom stereocenters. The van der Waals surface area contributed by atoms with E-state index in [4.69, 9.17) is 0 Å². The third-order valence-electron chi connectivity index (χ3n) is 6.19. The number of benzene rings is 2. The van der Waals surface area contributed by atoms with Crippen molar-refractivity contribution in [2.24, 2.45) is 7.05 Å². The molecule has 0 bridgehead atoms. The van der Waals surface area contributed by atoms with Gasteiger partial charge in [0.1, 0.15) is 5.69 Å². The van der Waals surface area contributed by atoms with Gasteiger partial charge in [-0.25, -0.2) is 4.68 Å². The highest BCUT2D eigenvalue weighted by atomic mass is 32.2. The first kappa shape index (κ1) is 23.9. The Morgan fingerprint density at radius 3 is 2.29 bits per heavy atom. The van der Waals surface area contributed by atoms with E-state index in [1.807, 2.05) is 59.5 Å². The first-order valence-corrected chi connectivity index (χ1v) is 12.6. The number of amides is 2. The number of hydrogen-bond donors (Lipinski definition) is 1. The molecule has 8 heteroatoms. The van der Waals surface area contributed by atoms with Crippen LogP contribution in [-0.2, 0) is 11.8 Å². The predicted octanol–water partition coefficient (Wildman–Crippen LogP) is 4.23. The Kier molecular flexibility index (Phi) is 7.57. The molecule has 2 aromatic carbocycles. The van der Waals surface area contributed by atoms with Gasteiger partial charge in [0.05, 0.1) is 22.7 Å². The molecule has 0 radical (unpaired) electrons. The van der Waals surface area contributed by atoms with Gasteiger partial charge in [0.2, 0.25) is 5.91 Å². The summed E-state index contributed by atoms with van der Waals surface area (Å²) >= 11 is 1.32. The number of rotatable bonds is 6. The van der Waals surface area contributed by atoms with E-state index in [0.717, 1.165) is 49.4 Å². The number of nitrogens with one attached hydrogen (secondary N) is 1. The largest absolute Gasteiger partial charge is 0.339 e. The summed E-state index contributed by atoms with van der Waals surface area (Å²) in [6.45, 7) is 3.36. The maximum atomic E-state index is 13.1. The molecule has 4 rings (SSSR count). The van der Waals surface area contributed by atoms with Crippen LogP contribution in [0.15, 0.2) is 64.3 Å². The second-order valence-electron chi connectivity index (χ2n) is 8.48. The zero-order chi connectivity index (χ0) is 24.1. The summed E-state index contributed by atoms with van der Waals surface area (Å²) < 4.78 is 3.27. The Bertz CT molecular complexity index is 1220. The van der Waals surface area contributed by atoms with Crippen LogP contribution in [0.2, 0.25) is 0 Å². The zero-order valence-corrected chi connectivity index (χ0v) is 20.4. The number of carbonyl (C=O) groups excluding carboxylic acids is 2. The van der Waals surface area contributed by atoms with Crippen LogP contribution in [0.25, 0.3) is 5.69 Å². The van der Waals surface area contributed by atoms with Crippen molar-refractivity contribution < 1.29 is 9.59 Å². The van der Waals surface area contributed by atoms with Crippen LogP contribution in [0.1, 0.15) is 41.7 Å². The van der Waals surface area contributed by atoms with Gasteiger partial charge < -0.3 is 10.2 Å². The molecule has 1 fully saturated rings. The molecule has 1 N–H and O–H groups in total. The number of likely N-dealkylation sites (tertiary alicyclic amines) is 1. The van der Waals surface area contributed by atoms with Gasteiger partial charge in [0.15, 0.2) is 0 Å². The van der Waals surface area contributed by atoms with E-state index in [0.29, 0.717) is 11.3 Å². The maximum Gasteiger partial charge on any atom is 0.295 e. The molecule has 0 aliphatic carbocycles. The normalized spacial score (nSPS) is 14.0. The SMILES string of the molecule is Cc1c(NC(=O)CSc2ccccc2C(=O)N2CCCCCC2)c(=O)n(-c2ccccc2)n1C. The smallest absolute Gasteiger partial charge is 0.295 e. The van der Waals surface area contributed by atoms with Gasteiger partial charge >= 0.3 is 0 Å². The third-order valence-corrected chi connectivity index (χ3v) is 7.26. The minimum atomic E-state index is -0.284. The molecule has 1 aromatic heterocycles. The van der Waals surface area contributed by atoms with Crippen molar-refractivity contribution in [2.75, 3.05) is 24.2 Å². The summed E-state index contributed by atoms with van der Waals surface area (Å²) in [5.41, 5.74) is 2.02. The van der Waals surface area contributed by atoms with Crippen molar-refractivity contribution in [3.8, 4) is 5.69 Å². The van der Waals surface area contributed by atoms with Crippen LogP contribution in [0.5, 0.6) is 0 Å². The highest BCUT2D eigenvalue weighted by Crippen LogP contribution is 2.25. The van der Waals surface area contributed by atoms with Gasteiger partial charge in [-0.2, -0.15) is 0 Å². The number of nitrogens with zero attached hydrogens (tertiary/aromatic N) is 3. The molecule has 2 heterocycles. The molecule has 0 saturated carbocycles. The summed E-state index contributed by atoms with van der Waals surface area (Å²) in [4.78, 5) is 41.7. The average Bonchev–Trinajstić information content (AvgIpc) is 3.05. The number of anilines is 1. The predicted molar refractivity (Wildman–Crippen MR) is 136 cm³/mol. The molecule has 3 aromatic rings. The van der Waals surface area contributed by atoms with E-state index in [2.05, 4.69) is 5.32 Å². The second-order valence-corrected chi connectivity index (χ2v) is 9.49. The van der Waals surface area contributed by atoms with Gasteiger partial charge in [0.25, 0.3) is 11.5 Å². The summed E-state index contributed by atoms with van der Waals surface area (Å²) in [7, 11) is 1.79. The second kappa shape index (κ2) is 10.8. The Labute approximate surface area is 203 Å². The molecule has 1 aliphatic rings. The number of carbonyl (C=O) groups is 2. The lowest BCUT2D eigenvalue weighted by Crippen LogP contribution is -2.32. The van der Waals surface area contributed by atoms with Crippen molar-refractivity contribution in [1.82, 2.24) is 14.3 Å². The third kappa shape index (κ3) is 5.12. The highest BCUT2D eigenvalue weighted by molar-refractivity contribution is 8.00. The monoisotopic (exact) mass is 478 g/mol. The van der Waals surface area contributed by atoms with Gasteiger partial charge in [-0.3, -0.25) is 19.1 Å². The van der Waals surface area contributed by atoms with Crippen molar-refractivity contribution >= 4 is 29.3 Å². The average molecular weight is 479 g/mol. The van der Waals surface area contributed by atoms with Crippen molar-refractivity contribution in [1.29, 1.82) is 0 Å². The van der Waals surface area contributed by atoms with Crippen molar-refractivity contribution in [2.45, 2.75) is 37.5 Å². The van der Waals surface area contributed by atoms with E-state index in [1.165, 1.54) is 16.4 Å². The van der Waals surface area contributed by atoms with E-state index in [9.17, 15) is 14.4 Å². The fourth-order valence-electron chi connectivity index (χ4n) is 4.24. The van der Waals surface area contributed by atoms with Gasteiger partial charge in [-0.05, 0) is 44.0 Å². The van der Waals surface area contributed by atoms with Gasteiger partial charge in [-0.1, -0.05) is 43.2 Å². The lowest BCUT2D eigenvalue weighted by molar-refractivity contribution is -0.113. The Hall–Kier alpha value is -3.26. The van der Waals surface area contributed by atoms with Crippen molar-refractivity contribution in [3.63, 3.8) is 0 Å². The lowest BCUT2D eigenvalue weighted by atomic mass is 10.2. The minimum absolute atomic E-state index is 0.0232. The molecule has 34 heavy (non-hydrogen) atoms. The van der Waals surface area contributed by atoms with E-state index < -0.39 is 0 Å². The van der Waals surface area contributed by atoms with E-state index >= 15 is 0 Å². The summed E-state index contributed by atoms with van der Waals surface area (Å²) in [6, 6.07) is 16.7. The van der Waals surface area contributed by atoms with Crippen LogP contribution >= 0.6 is 11.8 Å². The van der Waals surface area contributed by atoms with E-state index in [-0.39, 0.29) is 28.8 Å². The Morgan fingerprint density at radius 1 is 0.941 bits per heavy atom. The molecule has 0 spiro atoms. The Balaban J connectivity index is 1.47. The molecule has 2 amide bonds. The maximum absolute atomic E-state index is 13.1. The van der Waals surface area contributed by atoms with Crippen molar-refractivity contribution in [3.05, 3.63) is 76.2 Å². The Morgan fingerprint density at radius 2 is 1.59 bits per heavy atom. The number of hydrogen-bond acceptors (Lipinski definition) is 4. The summed E-state index contributed by atoms with van der Waals surface area (Å²) in [5.74, 6) is -0.160. The van der Waals surface area contributed by atoms with E-state index in [1.54, 1.807) is 18.7 Å². The standard InChI is InChI=1S/C26H30N4O3S/c1-19-24(26(33)30(28(19)2)20-12-6-5-7-13-20)27-23(31)18-34-22-15-9-8-14-21(22)25(32)29-16-10-3-4-11-17-29/h5-9,12-15H,3-4,10-11,16-18H2,1-2H3,(H,27,31). The van der Waals surface area contributed by atoms with Gasteiger partial charge in [-0.15, -0.1) is 11.8 Å². The van der Waals surface area contributed by atoms with Crippen LogP contribution < -0.4 is 10.9 Å². The quantitative estimate of drug-likeness (QED) is 0.538. The van der Waals surface area contributed by atoms with Crippen LogP contribution in [0.3, 0.4) is 0 Å². The summed E-state index contributed by atoms with van der Waals surface area (Å²) in [5, 5.41) is 2.79. The molecule has 0 unspecified atom stereocenters. The molecular weight excluding hydrogens is 448 g/mol. The topological polar surface area (TPSA) is 76.3 Å². The number of aromatic nitrogens is 2. The number of para-hydroxylation sites is 1. The molecule has 1 saturated heterocycles. The van der Waals surface area contributed by atoms with Crippen LogP contribution in [0, 0.1) is 6.92 Å². The van der Waals surface area contributed by atoms with Gasteiger partial charge in [0, 0.05) is 25.0 Å². The first-order chi connectivity index (χ1) is 16.5. The first-order valence-electron chi connectivity index (χ1n) is 11.6. The molecule has 1 aliphatic heterocycles. The fraction of sp³-hybridized carbons (Fsp3) is 0.346. The molecular formula is C26H30N4O3S. The highest BCUT2D eigenvalue weighted by Gasteiger charge is 2.21. The zero-order valence-electron chi connectivity index (χ0n) is 19.6. The van der Waals surface area contributed by atoms with Crippen LogP contribution in [0.4, 0.5) is 5.69 Å². The minimum Gasteiger partial charge on any atom is -0.339 e. The van der Waals surface area contributed by atoms with Crippen LogP contribution in [-0.4, -0.2) is 44.9 Å². The summed E-state index contributed by atoms with van der Waals surface area (Å²) in [6.07, 6.45) is 4.37. The lowest BCUT2D eigenvalue weighted by Gasteiger charge is -2.21.